The van der Waals surface area contributed by atoms with Crippen molar-refractivity contribution in [1.29, 1.82) is 0 Å². The molecule has 2 N–H and O–H groups in total. The molecule has 2 atom stereocenters. The molecule has 0 heterocycles. The van der Waals surface area contributed by atoms with Gasteiger partial charge in [0, 0.05) is 16.6 Å². The van der Waals surface area contributed by atoms with Crippen molar-refractivity contribution in [3.05, 3.63) is 117 Å². The third-order valence-corrected chi connectivity index (χ3v) is 8.09. The van der Waals surface area contributed by atoms with Crippen LogP contribution in [0.25, 0.3) is 0 Å². The van der Waals surface area contributed by atoms with E-state index in [-0.39, 0.29) is 22.4 Å². The van der Waals surface area contributed by atoms with Crippen LogP contribution in [0.15, 0.2) is 117 Å². The fourth-order valence-electron chi connectivity index (χ4n) is 5.44. The number of allylic oxidation sites excluding steroid dienone is 18. The van der Waals surface area contributed by atoms with Gasteiger partial charge >= 0.3 is 0 Å². The standard InChI is InChI=1S/C40H50O4/c1-27(17-13-19-29(3)21-23-33-31(5)37(43)35(41)25-39(33,7)8)15-11-12-16-28(2)18-14-20-30(4)22-24-34-32(6)38(44)36(42)26-40(34,9)10/h11-21,23,35-36,41-42H,25-26H2,1-10H3/b12-11+,17-13+,18-14+,23-21+,27-15+,28-16+,29-19+,30-20-/t35-,36-/m0/s1. The van der Waals surface area contributed by atoms with Crippen molar-refractivity contribution in [3.8, 4) is 11.8 Å². The predicted molar refractivity (Wildman–Crippen MR) is 184 cm³/mol. The zero-order valence-corrected chi connectivity index (χ0v) is 28.2. The van der Waals surface area contributed by atoms with E-state index in [1.165, 1.54) is 0 Å². The van der Waals surface area contributed by atoms with Crippen LogP contribution in [0, 0.1) is 22.7 Å². The average molecular weight is 595 g/mol. The number of ketones is 2. The van der Waals surface area contributed by atoms with Crippen molar-refractivity contribution in [2.24, 2.45) is 10.8 Å². The molecule has 0 aromatic rings. The fourth-order valence-corrected chi connectivity index (χ4v) is 5.44. The van der Waals surface area contributed by atoms with Gasteiger partial charge in [-0.15, -0.1) is 0 Å². The second kappa shape index (κ2) is 15.8. The molecule has 0 fully saturated rings. The number of hydrogen-bond donors (Lipinski definition) is 2. The summed E-state index contributed by atoms with van der Waals surface area (Å²) in [5, 5.41) is 20.0. The molecule has 0 amide bonds. The van der Waals surface area contributed by atoms with Crippen LogP contribution in [0.1, 0.15) is 82.1 Å². The second-order valence-corrected chi connectivity index (χ2v) is 13.2. The van der Waals surface area contributed by atoms with E-state index >= 15 is 0 Å². The summed E-state index contributed by atoms with van der Waals surface area (Å²) in [4.78, 5) is 24.4. The number of rotatable bonds is 8. The highest BCUT2D eigenvalue weighted by Crippen LogP contribution is 2.40. The molecule has 0 saturated heterocycles. The van der Waals surface area contributed by atoms with Gasteiger partial charge in [-0.2, -0.15) is 0 Å². The van der Waals surface area contributed by atoms with Gasteiger partial charge in [0.05, 0.1) is 0 Å². The van der Waals surface area contributed by atoms with Crippen LogP contribution in [0.4, 0.5) is 0 Å². The minimum atomic E-state index is -0.940. The average Bonchev–Trinajstić information content (AvgIpc) is 2.92. The molecule has 0 saturated carbocycles. The smallest absolute Gasteiger partial charge is 0.187 e. The molecule has 0 aromatic heterocycles. The van der Waals surface area contributed by atoms with Crippen molar-refractivity contribution in [3.63, 3.8) is 0 Å². The zero-order chi connectivity index (χ0) is 33.2. The fraction of sp³-hybridized carbons (Fsp3) is 0.400. The third-order valence-electron chi connectivity index (χ3n) is 8.09. The van der Waals surface area contributed by atoms with Crippen LogP contribution >= 0.6 is 0 Å². The Morgan fingerprint density at radius 2 is 1.14 bits per heavy atom. The Morgan fingerprint density at radius 3 is 1.70 bits per heavy atom. The first-order valence-corrected chi connectivity index (χ1v) is 15.3. The first-order valence-electron chi connectivity index (χ1n) is 15.3. The summed E-state index contributed by atoms with van der Waals surface area (Å²) < 4.78 is 0. The van der Waals surface area contributed by atoms with E-state index in [1.54, 1.807) is 13.8 Å². The van der Waals surface area contributed by atoms with Crippen molar-refractivity contribution in [1.82, 2.24) is 0 Å². The number of Topliss-reactive ketones (excluding diaryl/α,β-unsaturated/α-hetero) is 2. The lowest BCUT2D eigenvalue weighted by Crippen LogP contribution is -2.35. The van der Waals surface area contributed by atoms with E-state index in [2.05, 4.69) is 25.7 Å². The van der Waals surface area contributed by atoms with Crippen molar-refractivity contribution >= 4 is 11.6 Å². The quantitative estimate of drug-likeness (QED) is 0.219. The number of carbonyl (C=O) groups is 2. The molecule has 234 valence electrons. The van der Waals surface area contributed by atoms with E-state index in [9.17, 15) is 19.8 Å². The molecule has 0 aromatic carbocycles. The largest absolute Gasteiger partial charge is 0.385 e. The molecule has 0 spiro atoms. The Kier molecular flexibility index (Phi) is 13.1. The van der Waals surface area contributed by atoms with E-state index in [0.29, 0.717) is 24.0 Å². The molecular weight excluding hydrogens is 544 g/mol. The third kappa shape index (κ3) is 10.4. The number of hydrogen-bond acceptors (Lipinski definition) is 4. The number of carbonyl (C=O) groups excluding carboxylic acids is 2. The van der Waals surface area contributed by atoms with Gasteiger partial charge < -0.3 is 10.2 Å². The van der Waals surface area contributed by atoms with Gasteiger partial charge in [-0.1, -0.05) is 129 Å². The van der Waals surface area contributed by atoms with Gasteiger partial charge in [0.2, 0.25) is 0 Å². The lowest BCUT2D eigenvalue weighted by Gasteiger charge is -2.34. The molecule has 2 aliphatic carbocycles. The summed E-state index contributed by atoms with van der Waals surface area (Å²) in [6, 6.07) is 0. The normalized spacial score (nSPS) is 24.0. The van der Waals surface area contributed by atoms with Crippen molar-refractivity contribution in [2.45, 2.75) is 94.3 Å². The summed E-state index contributed by atoms with van der Waals surface area (Å²) >= 11 is 0. The van der Waals surface area contributed by atoms with Crippen LogP contribution in [0.5, 0.6) is 0 Å². The van der Waals surface area contributed by atoms with Crippen molar-refractivity contribution < 1.29 is 19.8 Å². The topological polar surface area (TPSA) is 74.6 Å². The molecule has 0 aliphatic heterocycles. The van der Waals surface area contributed by atoms with Gasteiger partial charge in [-0.25, -0.2) is 0 Å². The Hall–Kier alpha value is -3.78. The predicted octanol–water partition coefficient (Wildman–Crippen LogP) is 8.35. The Labute approximate surface area is 265 Å². The summed E-state index contributed by atoms with van der Waals surface area (Å²) in [5.74, 6) is 5.93. The lowest BCUT2D eigenvalue weighted by atomic mass is 9.71. The zero-order valence-electron chi connectivity index (χ0n) is 28.2. The molecule has 4 nitrogen and oxygen atoms in total. The highest BCUT2D eigenvalue weighted by Gasteiger charge is 2.38. The SMILES string of the molecule is CC1=C(C#C\C(C)=C/C=C/C(C)=C/C=C/C=C(C)/C=C/C=C(C)/C=C/C2=C(C)C(=O)[C@@H](O)CC2(C)C)C(C)(C)C[C@H](O)C1=O. The Bertz CT molecular complexity index is 1510. The van der Waals surface area contributed by atoms with Gasteiger partial charge in [0.25, 0.3) is 0 Å². The highest BCUT2D eigenvalue weighted by atomic mass is 16.3. The molecule has 0 radical (unpaired) electrons. The highest BCUT2D eigenvalue weighted by molar-refractivity contribution is 6.01. The van der Waals surface area contributed by atoms with E-state index in [1.807, 2.05) is 114 Å². The second-order valence-electron chi connectivity index (χ2n) is 13.2. The summed E-state index contributed by atoms with van der Waals surface area (Å²) in [5.41, 5.74) is 6.58. The summed E-state index contributed by atoms with van der Waals surface area (Å²) in [6.45, 7) is 19.7. The van der Waals surface area contributed by atoms with E-state index in [4.69, 9.17) is 0 Å². The molecule has 2 rings (SSSR count). The van der Waals surface area contributed by atoms with Crippen molar-refractivity contribution in [2.75, 3.05) is 0 Å². The molecule has 0 unspecified atom stereocenters. The molecular formula is C40H50O4. The first kappa shape index (κ1) is 36.4. The van der Waals surface area contributed by atoms with Crippen LogP contribution in [-0.2, 0) is 9.59 Å². The van der Waals surface area contributed by atoms with Gasteiger partial charge in [-0.3, -0.25) is 9.59 Å². The molecule has 44 heavy (non-hydrogen) atoms. The number of aliphatic hydroxyl groups is 2. The first-order chi connectivity index (χ1) is 20.5. The number of aliphatic hydroxyl groups excluding tert-OH is 2. The minimum absolute atomic E-state index is 0.177. The Balaban J connectivity index is 1.97. The van der Waals surface area contributed by atoms with Crippen LogP contribution in [0.3, 0.4) is 0 Å². The molecule has 4 heteroatoms. The minimum Gasteiger partial charge on any atom is -0.385 e. The lowest BCUT2D eigenvalue weighted by molar-refractivity contribution is -0.126. The maximum Gasteiger partial charge on any atom is 0.187 e. The summed E-state index contributed by atoms with van der Waals surface area (Å²) in [6.07, 6.45) is 23.1. The van der Waals surface area contributed by atoms with Gasteiger partial charge in [0.1, 0.15) is 12.2 Å². The Morgan fingerprint density at radius 1 is 0.682 bits per heavy atom. The summed E-state index contributed by atoms with van der Waals surface area (Å²) in [7, 11) is 0. The maximum absolute atomic E-state index is 12.2. The molecule has 0 bridgehead atoms. The molecule has 2 aliphatic rings. The monoisotopic (exact) mass is 594 g/mol. The van der Waals surface area contributed by atoms with E-state index < -0.39 is 12.2 Å². The van der Waals surface area contributed by atoms with E-state index in [0.717, 1.165) is 33.4 Å². The maximum atomic E-state index is 12.2. The van der Waals surface area contributed by atoms with Crippen LogP contribution in [-0.4, -0.2) is 34.0 Å². The van der Waals surface area contributed by atoms with Crippen LogP contribution < -0.4 is 0 Å². The van der Waals surface area contributed by atoms with Gasteiger partial charge in [-0.05, 0) is 76.5 Å². The van der Waals surface area contributed by atoms with Crippen LogP contribution in [0.2, 0.25) is 0 Å². The van der Waals surface area contributed by atoms with Gasteiger partial charge in [0.15, 0.2) is 11.6 Å².